The number of nitrogens with one attached hydrogen (secondary N) is 2. The molecule has 6 nitrogen and oxygen atoms in total. The topological polar surface area (TPSA) is 83.7 Å². The highest BCUT2D eigenvalue weighted by Gasteiger charge is 2.14. The molecule has 2 amide bonds. The molecule has 21 heavy (non-hydrogen) atoms. The second kappa shape index (κ2) is 6.21. The van der Waals surface area contributed by atoms with Gasteiger partial charge in [0.25, 0.3) is 0 Å². The number of carbonyl (C=O) groups excluding carboxylic acids is 2. The van der Waals surface area contributed by atoms with Gasteiger partial charge in [-0.05, 0) is 32.9 Å². The van der Waals surface area contributed by atoms with Crippen LogP contribution in [0.25, 0.3) is 11.0 Å². The molecule has 0 aliphatic rings. The molecule has 0 spiro atoms. The normalized spacial score (nSPS) is 11.7. The fourth-order valence-corrected chi connectivity index (χ4v) is 1.73. The van der Waals surface area contributed by atoms with Gasteiger partial charge in [0.1, 0.15) is 11.3 Å². The Kier molecular flexibility index (Phi) is 4.37. The number of carbonyl (C=O) groups is 2. The molecule has 1 aromatic heterocycles. The van der Waals surface area contributed by atoms with E-state index in [0.717, 1.165) is 11.0 Å². The Bertz CT molecular complexity index is 668. The molecule has 0 unspecified atom stereocenters. The molecule has 0 radical (unpaired) electrons. The molecule has 1 aromatic carbocycles. The van der Waals surface area contributed by atoms with Gasteiger partial charge in [0.05, 0.1) is 0 Å². The fraction of sp³-hybridized carbons (Fsp3) is 0.267. The van der Waals surface area contributed by atoms with Crippen molar-refractivity contribution in [2.24, 2.45) is 5.10 Å². The minimum Gasteiger partial charge on any atom is -0.455 e. The van der Waals surface area contributed by atoms with Crippen molar-refractivity contribution in [1.29, 1.82) is 0 Å². The van der Waals surface area contributed by atoms with E-state index >= 15 is 0 Å². The standard InChI is InChI=1S/C15H17N3O3/c1-9(2)16-14(19)15(20)18-17-10(3)13-8-11-6-4-5-7-12(11)21-13/h4-9H,1-3H3,(H,16,19)(H,18,20)/b17-10-. The molecule has 0 fully saturated rings. The summed E-state index contributed by atoms with van der Waals surface area (Å²) < 4.78 is 5.60. The maximum Gasteiger partial charge on any atom is 0.329 e. The highest BCUT2D eigenvalue weighted by molar-refractivity contribution is 6.35. The second-order valence-corrected chi connectivity index (χ2v) is 4.91. The van der Waals surface area contributed by atoms with Gasteiger partial charge in [-0.2, -0.15) is 5.10 Å². The third-order valence-corrected chi connectivity index (χ3v) is 2.73. The van der Waals surface area contributed by atoms with Crippen molar-refractivity contribution in [3.8, 4) is 0 Å². The number of hydrogen-bond donors (Lipinski definition) is 2. The minimum atomic E-state index is -0.806. The Labute approximate surface area is 122 Å². The van der Waals surface area contributed by atoms with E-state index in [2.05, 4.69) is 15.8 Å². The van der Waals surface area contributed by atoms with E-state index in [9.17, 15) is 9.59 Å². The van der Waals surface area contributed by atoms with Crippen LogP contribution in [0.15, 0.2) is 39.9 Å². The van der Waals surface area contributed by atoms with Gasteiger partial charge in [0.2, 0.25) is 0 Å². The molecule has 0 atom stereocenters. The first-order chi connectivity index (χ1) is 9.97. The summed E-state index contributed by atoms with van der Waals surface area (Å²) in [6, 6.07) is 9.27. The number of hydrazone groups is 1. The summed E-state index contributed by atoms with van der Waals surface area (Å²) in [5.74, 6) is -0.980. The van der Waals surface area contributed by atoms with Crippen molar-refractivity contribution < 1.29 is 14.0 Å². The summed E-state index contributed by atoms with van der Waals surface area (Å²) in [7, 11) is 0. The van der Waals surface area contributed by atoms with Crippen LogP contribution in [0.2, 0.25) is 0 Å². The molecule has 110 valence electrons. The van der Waals surface area contributed by atoms with Crippen LogP contribution in [-0.2, 0) is 9.59 Å². The molecule has 0 saturated heterocycles. The first-order valence-electron chi connectivity index (χ1n) is 6.61. The van der Waals surface area contributed by atoms with Crippen LogP contribution in [-0.4, -0.2) is 23.6 Å². The molecule has 0 saturated carbocycles. The SMILES string of the molecule is C/C(=N/NC(=O)C(=O)NC(C)C)c1cc2ccccc2o1. The number of amides is 2. The average molecular weight is 287 g/mol. The smallest absolute Gasteiger partial charge is 0.329 e. The average Bonchev–Trinajstić information content (AvgIpc) is 2.87. The summed E-state index contributed by atoms with van der Waals surface area (Å²) in [4.78, 5) is 23.0. The Morgan fingerprint density at radius 3 is 2.57 bits per heavy atom. The predicted octanol–water partition coefficient (Wildman–Crippen LogP) is 1.80. The van der Waals surface area contributed by atoms with Crippen LogP contribution >= 0.6 is 0 Å². The molecule has 2 aromatic rings. The third-order valence-electron chi connectivity index (χ3n) is 2.73. The molecule has 0 aliphatic carbocycles. The van der Waals surface area contributed by atoms with Crippen molar-refractivity contribution in [2.75, 3.05) is 0 Å². The van der Waals surface area contributed by atoms with Crippen LogP contribution in [0.5, 0.6) is 0 Å². The molecule has 6 heteroatoms. The van der Waals surface area contributed by atoms with Gasteiger partial charge in [0.15, 0.2) is 5.76 Å². The van der Waals surface area contributed by atoms with E-state index in [-0.39, 0.29) is 6.04 Å². The molecule has 2 rings (SSSR count). The van der Waals surface area contributed by atoms with Crippen LogP contribution in [0.4, 0.5) is 0 Å². The van der Waals surface area contributed by atoms with Crippen LogP contribution in [0.1, 0.15) is 26.5 Å². The number of furan rings is 1. The van der Waals surface area contributed by atoms with E-state index in [1.54, 1.807) is 20.8 Å². The van der Waals surface area contributed by atoms with E-state index in [0.29, 0.717) is 11.5 Å². The lowest BCUT2D eigenvalue weighted by atomic mass is 10.2. The van der Waals surface area contributed by atoms with Gasteiger partial charge in [-0.1, -0.05) is 18.2 Å². The van der Waals surface area contributed by atoms with E-state index in [1.807, 2.05) is 30.3 Å². The predicted molar refractivity (Wildman–Crippen MR) is 79.8 cm³/mol. The van der Waals surface area contributed by atoms with Crippen molar-refractivity contribution in [3.63, 3.8) is 0 Å². The van der Waals surface area contributed by atoms with Gasteiger partial charge >= 0.3 is 11.8 Å². The Hall–Kier alpha value is -2.63. The van der Waals surface area contributed by atoms with E-state index < -0.39 is 11.8 Å². The highest BCUT2D eigenvalue weighted by Crippen LogP contribution is 2.19. The van der Waals surface area contributed by atoms with Crippen molar-refractivity contribution in [2.45, 2.75) is 26.8 Å². The number of para-hydroxylation sites is 1. The number of rotatable bonds is 3. The molecule has 2 N–H and O–H groups in total. The number of benzene rings is 1. The molecular weight excluding hydrogens is 270 g/mol. The zero-order valence-corrected chi connectivity index (χ0v) is 12.1. The van der Waals surface area contributed by atoms with Crippen LogP contribution in [0, 0.1) is 0 Å². The monoisotopic (exact) mass is 287 g/mol. The zero-order chi connectivity index (χ0) is 15.4. The highest BCUT2D eigenvalue weighted by atomic mass is 16.3. The van der Waals surface area contributed by atoms with E-state index in [4.69, 9.17) is 4.42 Å². The lowest BCUT2D eigenvalue weighted by Crippen LogP contribution is -2.41. The zero-order valence-electron chi connectivity index (χ0n) is 12.1. The summed E-state index contributed by atoms with van der Waals surface area (Å²) in [5, 5.41) is 7.31. The van der Waals surface area contributed by atoms with Gasteiger partial charge < -0.3 is 9.73 Å². The van der Waals surface area contributed by atoms with E-state index in [1.165, 1.54) is 0 Å². The molecule has 0 bridgehead atoms. The first kappa shape index (κ1) is 14.8. The number of hydrogen-bond acceptors (Lipinski definition) is 4. The lowest BCUT2D eigenvalue weighted by Gasteiger charge is -2.06. The van der Waals surface area contributed by atoms with Crippen LogP contribution < -0.4 is 10.7 Å². The molecule has 1 heterocycles. The quantitative estimate of drug-likeness (QED) is 0.513. The van der Waals surface area contributed by atoms with Gasteiger partial charge in [-0.3, -0.25) is 9.59 Å². The Morgan fingerprint density at radius 1 is 1.19 bits per heavy atom. The number of fused-ring (bicyclic) bond motifs is 1. The minimum absolute atomic E-state index is 0.108. The summed E-state index contributed by atoms with van der Waals surface area (Å²) in [6.07, 6.45) is 0. The van der Waals surface area contributed by atoms with Gasteiger partial charge in [-0.25, -0.2) is 5.43 Å². The lowest BCUT2D eigenvalue weighted by molar-refractivity contribution is -0.139. The third kappa shape index (κ3) is 3.68. The first-order valence-corrected chi connectivity index (χ1v) is 6.61. The Morgan fingerprint density at radius 2 is 1.90 bits per heavy atom. The maximum atomic E-state index is 11.5. The fourth-order valence-electron chi connectivity index (χ4n) is 1.73. The van der Waals surface area contributed by atoms with Crippen molar-refractivity contribution in [1.82, 2.24) is 10.7 Å². The molecular formula is C15H17N3O3. The maximum absolute atomic E-state index is 11.5. The largest absolute Gasteiger partial charge is 0.455 e. The van der Waals surface area contributed by atoms with Crippen LogP contribution in [0.3, 0.4) is 0 Å². The second-order valence-electron chi connectivity index (χ2n) is 4.91. The summed E-state index contributed by atoms with van der Waals surface area (Å²) >= 11 is 0. The van der Waals surface area contributed by atoms with Crippen molar-refractivity contribution >= 4 is 28.5 Å². The summed E-state index contributed by atoms with van der Waals surface area (Å²) in [6.45, 7) is 5.24. The van der Waals surface area contributed by atoms with Crippen molar-refractivity contribution in [3.05, 3.63) is 36.1 Å². The Balaban J connectivity index is 2.07. The number of nitrogens with zero attached hydrogens (tertiary/aromatic N) is 1. The summed E-state index contributed by atoms with van der Waals surface area (Å²) in [5.41, 5.74) is 3.43. The van der Waals surface area contributed by atoms with Gasteiger partial charge in [-0.15, -0.1) is 0 Å². The molecule has 0 aliphatic heterocycles. The van der Waals surface area contributed by atoms with Gasteiger partial charge in [0, 0.05) is 11.4 Å².